The van der Waals surface area contributed by atoms with Crippen molar-refractivity contribution in [2.24, 2.45) is 0 Å². The zero-order valence-electron chi connectivity index (χ0n) is 20.6. The lowest BCUT2D eigenvalue weighted by atomic mass is 10.0. The maximum atomic E-state index is 12.4. The Kier molecular flexibility index (Phi) is 8.88. The Labute approximate surface area is 215 Å². The van der Waals surface area contributed by atoms with Crippen LogP contribution in [0.4, 0.5) is 26.8 Å². The number of nitrogens with one attached hydrogen (secondary N) is 4. The van der Waals surface area contributed by atoms with Crippen LogP contribution in [-0.4, -0.2) is 60.7 Å². The van der Waals surface area contributed by atoms with Gasteiger partial charge in [0.2, 0.25) is 0 Å². The molecule has 0 unspecified atom stereocenters. The van der Waals surface area contributed by atoms with E-state index in [4.69, 9.17) is 4.74 Å². The van der Waals surface area contributed by atoms with E-state index < -0.39 is 0 Å². The second-order valence-electron chi connectivity index (χ2n) is 8.65. The van der Waals surface area contributed by atoms with Gasteiger partial charge in [-0.2, -0.15) is 4.37 Å². The van der Waals surface area contributed by atoms with Gasteiger partial charge in [0.25, 0.3) is 0 Å². The summed E-state index contributed by atoms with van der Waals surface area (Å²) in [5, 5.41) is 11.5. The zero-order valence-corrected chi connectivity index (χ0v) is 21.4. The number of benzene rings is 2. The molecule has 0 spiro atoms. The lowest BCUT2D eigenvalue weighted by Gasteiger charge is -2.26. The minimum absolute atomic E-state index is 0.252. The Morgan fingerprint density at radius 2 is 1.72 bits per heavy atom. The number of amides is 4. The maximum absolute atomic E-state index is 12.4. The number of aromatic nitrogens is 1. The number of rotatable bonds is 8. The molecule has 190 valence electrons. The van der Waals surface area contributed by atoms with E-state index in [2.05, 4.69) is 30.5 Å². The number of carbonyl (C=O) groups is 2. The van der Waals surface area contributed by atoms with Gasteiger partial charge in [0.05, 0.1) is 18.1 Å². The highest BCUT2D eigenvalue weighted by atomic mass is 32.1. The number of nitrogens with zero attached hydrogens (tertiary/aromatic N) is 2. The zero-order chi connectivity index (χ0) is 25.3. The van der Waals surface area contributed by atoms with Crippen LogP contribution >= 0.6 is 11.5 Å². The van der Waals surface area contributed by atoms with Crippen molar-refractivity contribution >= 4 is 40.8 Å². The van der Waals surface area contributed by atoms with Gasteiger partial charge in [-0.1, -0.05) is 24.3 Å². The van der Waals surface area contributed by atoms with Crippen molar-refractivity contribution in [2.75, 3.05) is 55.3 Å². The first-order chi connectivity index (χ1) is 17.5. The maximum Gasteiger partial charge on any atom is 0.323 e. The Hall–Kier alpha value is -3.47. The molecule has 1 aromatic heterocycles. The molecule has 10 heteroatoms. The highest BCUT2D eigenvalue weighted by Gasteiger charge is 2.16. The van der Waals surface area contributed by atoms with Crippen LogP contribution in [0.2, 0.25) is 0 Å². The Morgan fingerprint density at radius 3 is 2.47 bits per heavy atom. The average molecular weight is 509 g/mol. The van der Waals surface area contributed by atoms with E-state index in [0.717, 1.165) is 66.5 Å². The second kappa shape index (κ2) is 12.5. The van der Waals surface area contributed by atoms with Gasteiger partial charge >= 0.3 is 12.1 Å². The second-order valence-corrected chi connectivity index (χ2v) is 9.42. The van der Waals surface area contributed by atoms with Crippen molar-refractivity contribution in [3.05, 3.63) is 59.7 Å². The lowest BCUT2D eigenvalue weighted by molar-refractivity contribution is 0.0375. The van der Waals surface area contributed by atoms with Gasteiger partial charge in [0.1, 0.15) is 0 Å². The van der Waals surface area contributed by atoms with Crippen molar-refractivity contribution in [3.63, 3.8) is 0 Å². The molecular weight excluding hydrogens is 476 g/mol. The first-order valence-electron chi connectivity index (χ1n) is 12.0. The third-order valence-electron chi connectivity index (χ3n) is 5.96. The van der Waals surface area contributed by atoms with Crippen LogP contribution in [0.1, 0.15) is 17.5 Å². The number of para-hydroxylation sites is 1. The van der Waals surface area contributed by atoms with Crippen LogP contribution in [0.5, 0.6) is 0 Å². The fraction of sp³-hybridized carbons (Fsp3) is 0.346. The molecule has 1 fully saturated rings. The summed E-state index contributed by atoms with van der Waals surface area (Å²) in [5.41, 5.74) is 4.34. The fourth-order valence-corrected chi connectivity index (χ4v) is 4.92. The molecule has 0 saturated carbocycles. The van der Waals surface area contributed by atoms with Crippen molar-refractivity contribution < 1.29 is 14.3 Å². The quantitative estimate of drug-likeness (QED) is 0.323. The van der Waals surface area contributed by atoms with E-state index in [-0.39, 0.29) is 12.1 Å². The standard InChI is InChI=1S/C26H32N6O3S/c1-18-17-21(29-26(34)28-20-7-4-3-5-8-20)9-10-22(18)23-19(2)24(31-36-23)30-25(33)27-11-6-12-32-13-15-35-16-14-32/h3-5,7-10,17H,6,11-16H2,1-2H3,(H2,28,29,34)(H2,27,30,31,33). The largest absolute Gasteiger partial charge is 0.379 e. The summed E-state index contributed by atoms with van der Waals surface area (Å²) in [7, 11) is 0. The number of hydrogen-bond acceptors (Lipinski definition) is 6. The minimum Gasteiger partial charge on any atom is -0.379 e. The van der Waals surface area contributed by atoms with Crippen molar-refractivity contribution in [1.82, 2.24) is 14.6 Å². The molecule has 0 bridgehead atoms. The van der Waals surface area contributed by atoms with Gasteiger partial charge in [0.15, 0.2) is 5.82 Å². The highest BCUT2D eigenvalue weighted by molar-refractivity contribution is 7.10. The SMILES string of the molecule is Cc1cc(NC(=O)Nc2ccccc2)ccc1-c1snc(NC(=O)NCCCN2CCOCC2)c1C. The molecule has 0 atom stereocenters. The molecule has 4 N–H and O–H groups in total. The third kappa shape index (κ3) is 7.03. The number of ether oxygens (including phenoxy) is 1. The van der Waals surface area contributed by atoms with Gasteiger partial charge < -0.3 is 20.7 Å². The molecule has 1 aliphatic rings. The number of hydrogen-bond donors (Lipinski definition) is 4. The van der Waals surface area contributed by atoms with Crippen LogP contribution in [-0.2, 0) is 4.74 Å². The van der Waals surface area contributed by atoms with Crippen molar-refractivity contribution in [2.45, 2.75) is 20.3 Å². The predicted octanol–water partition coefficient (Wildman–Crippen LogP) is 4.91. The summed E-state index contributed by atoms with van der Waals surface area (Å²) >= 11 is 1.34. The van der Waals surface area contributed by atoms with E-state index in [0.29, 0.717) is 18.1 Å². The van der Waals surface area contributed by atoms with Gasteiger partial charge in [-0.15, -0.1) is 0 Å². The van der Waals surface area contributed by atoms with Crippen LogP contribution in [0.25, 0.3) is 10.4 Å². The van der Waals surface area contributed by atoms with Crippen LogP contribution in [0, 0.1) is 13.8 Å². The molecular formula is C26H32N6O3S. The van der Waals surface area contributed by atoms with E-state index in [1.807, 2.05) is 62.4 Å². The number of carbonyl (C=O) groups excluding carboxylic acids is 2. The highest BCUT2D eigenvalue weighted by Crippen LogP contribution is 2.35. The molecule has 9 nitrogen and oxygen atoms in total. The topological polar surface area (TPSA) is 108 Å². The normalized spacial score (nSPS) is 13.7. The van der Waals surface area contributed by atoms with E-state index in [1.54, 1.807) is 0 Å². The first-order valence-corrected chi connectivity index (χ1v) is 12.8. The summed E-state index contributed by atoms with van der Waals surface area (Å²) in [4.78, 5) is 28.0. The molecule has 1 saturated heterocycles. The number of morpholine rings is 1. The summed E-state index contributed by atoms with van der Waals surface area (Å²) in [6.45, 7) is 8.94. The Bertz CT molecular complexity index is 1180. The number of anilines is 3. The molecule has 36 heavy (non-hydrogen) atoms. The summed E-state index contributed by atoms with van der Waals surface area (Å²) in [6, 6.07) is 14.5. The van der Waals surface area contributed by atoms with Gasteiger partial charge in [-0.3, -0.25) is 10.2 Å². The molecule has 2 heterocycles. The van der Waals surface area contributed by atoms with Crippen LogP contribution < -0.4 is 21.3 Å². The van der Waals surface area contributed by atoms with E-state index >= 15 is 0 Å². The monoisotopic (exact) mass is 508 g/mol. The van der Waals surface area contributed by atoms with E-state index in [1.165, 1.54) is 11.5 Å². The van der Waals surface area contributed by atoms with Gasteiger partial charge in [0, 0.05) is 36.6 Å². The Morgan fingerprint density at radius 1 is 0.972 bits per heavy atom. The molecule has 3 aromatic rings. The minimum atomic E-state index is -0.301. The van der Waals surface area contributed by atoms with Crippen LogP contribution in [0.3, 0.4) is 0 Å². The average Bonchev–Trinajstić information content (AvgIpc) is 3.22. The number of urea groups is 2. The molecule has 4 amide bonds. The summed E-state index contributed by atoms with van der Waals surface area (Å²) < 4.78 is 9.82. The molecule has 0 aliphatic carbocycles. The number of aryl methyl sites for hydroxylation is 1. The van der Waals surface area contributed by atoms with Crippen LogP contribution in [0.15, 0.2) is 48.5 Å². The first kappa shape index (κ1) is 25.6. The fourth-order valence-electron chi connectivity index (χ4n) is 4.00. The Balaban J connectivity index is 1.29. The summed E-state index contributed by atoms with van der Waals surface area (Å²) in [6.07, 6.45) is 0.887. The molecule has 4 rings (SSSR count). The molecule has 0 radical (unpaired) electrons. The van der Waals surface area contributed by atoms with Crippen molar-refractivity contribution in [1.29, 1.82) is 0 Å². The smallest absolute Gasteiger partial charge is 0.323 e. The van der Waals surface area contributed by atoms with E-state index in [9.17, 15) is 9.59 Å². The van der Waals surface area contributed by atoms with Crippen molar-refractivity contribution in [3.8, 4) is 10.4 Å². The third-order valence-corrected chi connectivity index (χ3v) is 6.94. The predicted molar refractivity (Wildman–Crippen MR) is 145 cm³/mol. The van der Waals surface area contributed by atoms with Gasteiger partial charge in [-0.25, -0.2) is 9.59 Å². The lowest BCUT2D eigenvalue weighted by Crippen LogP contribution is -2.38. The molecule has 2 aromatic carbocycles. The summed E-state index contributed by atoms with van der Waals surface area (Å²) in [5.74, 6) is 0.560. The van der Waals surface area contributed by atoms with Gasteiger partial charge in [-0.05, 0) is 73.7 Å². The molecule has 1 aliphatic heterocycles.